The molecule has 2 aliphatic rings. The Kier molecular flexibility index (Phi) is 9.48. The van der Waals surface area contributed by atoms with Crippen molar-refractivity contribution in [3.63, 3.8) is 0 Å². The topological polar surface area (TPSA) is 121 Å². The van der Waals surface area contributed by atoms with Gasteiger partial charge in [0.25, 0.3) is 11.8 Å². The molecular formula is C30H40N2O9P2+2. The van der Waals surface area contributed by atoms with E-state index in [0.717, 1.165) is 0 Å². The molecule has 0 atom stereocenters. The Morgan fingerprint density at radius 1 is 0.558 bits per heavy atom. The van der Waals surface area contributed by atoms with Crippen molar-refractivity contribution in [3.8, 4) is 11.5 Å². The quantitative estimate of drug-likeness (QED) is 0.331. The molecular weight excluding hydrogens is 594 g/mol. The second kappa shape index (κ2) is 12.3. The summed E-state index contributed by atoms with van der Waals surface area (Å²) < 4.78 is 52.4. The molecule has 2 aromatic rings. The third kappa shape index (κ3) is 9.11. The molecule has 2 heterocycles. The van der Waals surface area contributed by atoms with E-state index in [1.165, 1.54) is 0 Å². The summed E-state index contributed by atoms with van der Waals surface area (Å²) in [6.07, 6.45) is 0. The van der Waals surface area contributed by atoms with E-state index in [9.17, 15) is 18.7 Å². The Bertz CT molecular complexity index is 1240. The molecule has 2 aliphatic heterocycles. The van der Waals surface area contributed by atoms with Crippen LogP contribution in [0.5, 0.6) is 11.5 Å². The molecule has 0 spiro atoms. The van der Waals surface area contributed by atoms with Gasteiger partial charge >= 0.3 is 16.5 Å². The second-order valence-electron chi connectivity index (χ2n) is 13.3. The molecule has 0 aliphatic carbocycles. The van der Waals surface area contributed by atoms with Crippen molar-refractivity contribution in [1.82, 2.24) is 9.80 Å². The van der Waals surface area contributed by atoms with Crippen LogP contribution in [0.4, 0.5) is 0 Å². The van der Waals surface area contributed by atoms with E-state index in [-0.39, 0.29) is 38.0 Å². The molecule has 2 amide bonds. The zero-order valence-electron chi connectivity index (χ0n) is 25.9. The van der Waals surface area contributed by atoms with Gasteiger partial charge in [-0.05, 0) is 104 Å². The summed E-state index contributed by atoms with van der Waals surface area (Å²) in [7, 11) is -4.60. The van der Waals surface area contributed by atoms with Crippen LogP contribution in [0.15, 0.2) is 48.5 Å². The van der Waals surface area contributed by atoms with Crippen molar-refractivity contribution in [2.24, 2.45) is 0 Å². The van der Waals surface area contributed by atoms with Gasteiger partial charge in [-0.15, -0.1) is 18.1 Å². The van der Waals surface area contributed by atoms with Gasteiger partial charge in [0.15, 0.2) is 0 Å². The highest BCUT2D eigenvalue weighted by Crippen LogP contribution is 2.40. The van der Waals surface area contributed by atoms with Gasteiger partial charge in [0, 0.05) is 20.3 Å². The van der Waals surface area contributed by atoms with E-state index < -0.39 is 38.9 Å². The molecule has 4 rings (SSSR count). The van der Waals surface area contributed by atoms with Gasteiger partial charge in [0.2, 0.25) is 0 Å². The van der Waals surface area contributed by atoms with Crippen LogP contribution in [0, 0.1) is 0 Å². The van der Waals surface area contributed by atoms with E-state index >= 15 is 0 Å². The van der Waals surface area contributed by atoms with Crippen molar-refractivity contribution in [1.29, 1.82) is 0 Å². The number of ether oxygens (including phenoxy) is 1. The molecule has 232 valence electrons. The van der Waals surface area contributed by atoms with Gasteiger partial charge < -0.3 is 14.5 Å². The fourth-order valence-electron chi connectivity index (χ4n) is 5.03. The highest BCUT2D eigenvalue weighted by Gasteiger charge is 2.47. The number of nitrogens with zero attached hydrogens (tertiary/aromatic N) is 2. The Morgan fingerprint density at radius 3 is 1.07 bits per heavy atom. The molecule has 0 bridgehead atoms. The normalized spacial score (nSPS) is 21.7. The van der Waals surface area contributed by atoms with Crippen LogP contribution < -0.4 is 4.74 Å². The minimum Gasteiger partial charge on any atom is -0.457 e. The summed E-state index contributed by atoms with van der Waals surface area (Å²) >= 11 is 0. The smallest absolute Gasteiger partial charge is 0.457 e. The lowest BCUT2D eigenvalue weighted by atomic mass is 10.0. The fraction of sp³-hybridized carbons (Fsp3) is 0.533. The van der Waals surface area contributed by atoms with Crippen LogP contribution in [0.1, 0.15) is 76.1 Å². The predicted octanol–water partition coefficient (Wildman–Crippen LogP) is 6.89. The maximum atomic E-state index is 13.4. The SMILES string of the molecule is CC1(C)CN(C(=O)c2ccc(Oc3ccc(C(=O)N4CC(C)(C)O[P+](=O)OC(C)(C)C4)cc3)cc2)CC(C)(C)O[P+](=O)O1. The highest BCUT2D eigenvalue weighted by molar-refractivity contribution is 7.33. The molecule has 0 radical (unpaired) electrons. The number of carbonyl (C=O) groups excluding carboxylic acids is 2. The third-order valence-corrected chi connectivity index (χ3v) is 9.16. The Labute approximate surface area is 254 Å². The lowest BCUT2D eigenvalue weighted by Gasteiger charge is -2.35. The van der Waals surface area contributed by atoms with Gasteiger partial charge in [0.05, 0.1) is 26.2 Å². The summed E-state index contributed by atoms with van der Waals surface area (Å²) in [6.45, 7) is 15.1. The summed E-state index contributed by atoms with van der Waals surface area (Å²) in [4.78, 5) is 30.1. The molecule has 11 nitrogen and oxygen atoms in total. The summed E-state index contributed by atoms with van der Waals surface area (Å²) in [6, 6.07) is 13.5. The molecule has 0 unspecified atom stereocenters. The number of benzene rings is 2. The molecule has 13 heteroatoms. The minimum absolute atomic E-state index is 0.210. The largest absolute Gasteiger partial charge is 0.698 e. The van der Waals surface area contributed by atoms with E-state index in [1.807, 2.05) is 0 Å². The summed E-state index contributed by atoms with van der Waals surface area (Å²) in [5, 5.41) is 0. The van der Waals surface area contributed by atoms with E-state index in [0.29, 0.717) is 22.6 Å². The first kappa shape index (κ1) is 33.1. The lowest BCUT2D eigenvalue weighted by molar-refractivity contribution is -0.0236. The van der Waals surface area contributed by atoms with Gasteiger partial charge in [0.1, 0.15) is 33.9 Å². The summed E-state index contributed by atoms with van der Waals surface area (Å²) in [5.74, 6) is 0.614. The zero-order valence-corrected chi connectivity index (χ0v) is 27.7. The van der Waals surface area contributed by atoms with Gasteiger partial charge in [-0.3, -0.25) is 9.59 Å². The second-order valence-corrected chi connectivity index (χ2v) is 14.9. The maximum absolute atomic E-state index is 13.4. The van der Waals surface area contributed by atoms with Crippen LogP contribution in [0.2, 0.25) is 0 Å². The first-order chi connectivity index (χ1) is 19.8. The van der Waals surface area contributed by atoms with Crippen molar-refractivity contribution in [2.75, 3.05) is 26.2 Å². The molecule has 2 aromatic carbocycles. The van der Waals surface area contributed by atoms with Crippen LogP contribution in [-0.2, 0) is 27.2 Å². The molecule has 0 N–H and O–H groups in total. The number of amides is 2. The number of rotatable bonds is 4. The molecule has 0 aromatic heterocycles. The number of hydrogen-bond acceptors (Lipinski definition) is 9. The van der Waals surface area contributed by atoms with Crippen LogP contribution >= 0.6 is 16.5 Å². The Hall–Kier alpha value is -2.78. The third-order valence-electron chi connectivity index (χ3n) is 6.59. The average molecular weight is 635 g/mol. The van der Waals surface area contributed by atoms with Crippen LogP contribution in [0.25, 0.3) is 0 Å². The van der Waals surface area contributed by atoms with Crippen LogP contribution in [0.3, 0.4) is 0 Å². The molecule has 2 saturated heterocycles. The van der Waals surface area contributed by atoms with Crippen molar-refractivity contribution >= 4 is 28.3 Å². The van der Waals surface area contributed by atoms with Crippen molar-refractivity contribution in [2.45, 2.75) is 77.8 Å². The average Bonchev–Trinajstić information content (AvgIpc) is 2.84. The van der Waals surface area contributed by atoms with E-state index in [2.05, 4.69) is 0 Å². The molecule has 0 saturated carbocycles. The van der Waals surface area contributed by atoms with Crippen molar-refractivity contribution < 1.29 is 41.6 Å². The Balaban J connectivity index is 1.43. The lowest BCUT2D eigenvalue weighted by Crippen LogP contribution is -2.50. The maximum Gasteiger partial charge on any atom is 0.698 e. The molecule has 2 fully saturated rings. The summed E-state index contributed by atoms with van der Waals surface area (Å²) in [5.41, 5.74) is -2.48. The number of carbonyl (C=O) groups is 2. The van der Waals surface area contributed by atoms with Gasteiger partial charge in [-0.25, -0.2) is 0 Å². The van der Waals surface area contributed by atoms with Gasteiger partial charge in [-0.1, -0.05) is 0 Å². The van der Waals surface area contributed by atoms with Crippen molar-refractivity contribution in [3.05, 3.63) is 59.7 Å². The first-order valence-electron chi connectivity index (χ1n) is 14.0. The molecule has 43 heavy (non-hydrogen) atoms. The van der Waals surface area contributed by atoms with Crippen LogP contribution in [-0.4, -0.2) is 70.2 Å². The highest BCUT2D eigenvalue weighted by atomic mass is 31.1. The fourth-order valence-corrected chi connectivity index (χ4v) is 6.95. The Morgan fingerprint density at radius 2 is 0.814 bits per heavy atom. The standard InChI is InChI=1S/C30H40N2O9P2/c1-27(2)17-31(18-28(3,4)39-42(35)38-27)25(33)21-9-13-23(14-10-21)37-24-15-11-22(12-16-24)26(34)32-19-29(5,6)40-43(36)41-30(7,8)20-32/h9-16H,17-20H2,1-8H3/q+2. The van der Waals surface area contributed by atoms with E-state index in [4.69, 9.17) is 22.8 Å². The van der Waals surface area contributed by atoms with Gasteiger partial charge in [-0.2, -0.15) is 0 Å². The van der Waals surface area contributed by atoms with E-state index in [1.54, 1.807) is 114 Å². The zero-order chi connectivity index (χ0) is 31.8. The predicted molar refractivity (Wildman–Crippen MR) is 161 cm³/mol. The number of hydrogen-bond donors (Lipinski definition) is 0. The minimum atomic E-state index is -2.30. The first-order valence-corrected chi connectivity index (χ1v) is 16.2. The monoisotopic (exact) mass is 634 g/mol.